The minimum Gasteiger partial charge on any atom is -0.348 e. The number of nitrogens with zero attached hydrogens (tertiary/aromatic N) is 2. The lowest BCUT2D eigenvalue weighted by molar-refractivity contribution is -0.144. The first-order chi connectivity index (χ1) is 14.5. The third-order valence-corrected chi connectivity index (χ3v) is 5.86. The van der Waals surface area contributed by atoms with Crippen LogP contribution in [0.1, 0.15) is 23.4 Å². The molecule has 1 aliphatic rings. The van der Waals surface area contributed by atoms with Crippen molar-refractivity contribution in [1.29, 1.82) is 0 Å². The molecule has 1 fully saturated rings. The lowest BCUT2D eigenvalue weighted by Gasteiger charge is -2.19. The Bertz CT molecular complexity index is 1140. The molecule has 2 heterocycles. The van der Waals surface area contributed by atoms with Gasteiger partial charge < -0.3 is 5.32 Å². The van der Waals surface area contributed by atoms with E-state index >= 15 is 0 Å². The van der Waals surface area contributed by atoms with Gasteiger partial charge in [-0.15, -0.1) is 11.3 Å². The average Bonchev–Trinajstić information content (AvgIpc) is 3.33. The first kappa shape index (κ1) is 19.8. The number of imide groups is 2. The van der Waals surface area contributed by atoms with E-state index < -0.39 is 30.3 Å². The molecule has 1 aliphatic heterocycles. The molecule has 0 radical (unpaired) electrons. The number of thiophene rings is 1. The second-order valence-corrected chi connectivity index (χ2v) is 8.03. The molecule has 0 saturated carbocycles. The zero-order valence-corrected chi connectivity index (χ0v) is 17.0. The van der Waals surface area contributed by atoms with Crippen molar-refractivity contribution in [3.8, 4) is 0 Å². The summed E-state index contributed by atoms with van der Waals surface area (Å²) in [6, 6.07) is 16.1. The number of benzene rings is 2. The van der Waals surface area contributed by atoms with Gasteiger partial charge in [-0.25, -0.2) is 9.69 Å². The number of hydrogen-bond donors (Lipinski definition) is 1. The molecule has 1 saturated heterocycles. The molecular weight excluding hydrogens is 402 g/mol. The molecule has 30 heavy (non-hydrogen) atoms. The van der Waals surface area contributed by atoms with E-state index in [1.165, 1.54) is 11.3 Å². The minimum absolute atomic E-state index is 0.0194. The van der Waals surface area contributed by atoms with Gasteiger partial charge >= 0.3 is 17.8 Å². The molecule has 4 rings (SSSR count). The quantitative estimate of drug-likeness (QED) is 0.490. The lowest BCUT2D eigenvalue weighted by atomic mass is 10.00. The van der Waals surface area contributed by atoms with E-state index in [2.05, 4.69) is 5.32 Å². The normalized spacial score (nSPS) is 15.2. The summed E-state index contributed by atoms with van der Waals surface area (Å²) in [7, 11) is 0. The maximum absolute atomic E-state index is 12.6. The van der Waals surface area contributed by atoms with Crippen molar-refractivity contribution in [3.63, 3.8) is 0 Å². The van der Waals surface area contributed by atoms with Crippen LogP contribution in [0.4, 0.5) is 4.79 Å². The standard InChI is InChI=1S/C22H19N3O4S/c1-14(17-10-4-7-15-6-2-3-9-18(15)17)23-19(26)13-25-21(28)20(27)24(22(25)29)12-16-8-5-11-30-16/h2-11,14H,12-13H2,1H3,(H,23,26)/t14-/m1/s1. The van der Waals surface area contributed by atoms with E-state index in [-0.39, 0.29) is 12.6 Å². The molecular formula is C22H19N3O4S. The smallest absolute Gasteiger partial charge is 0.335 e. The van der Waals surface area contributed by atoms with Crippen LogP contribution >= 0.6 is 11.3 Å². The van der Waals surface area contributed by atoms with Crippen LogP contribution in [-0.4, -0.2) is 40.1 Å². The highest BCUT2D eigenvalue weighted by Gasteiger charge is 2.45. The largest absolute Gasteiger partial charge is 0.348 e. The number of hydrogen-bond acceptors (Lipinski definition) is 5. The molecule has 2 aromatic carbocycles. The Labute approximate surface area is 176 Å². The average molecular weight is 421 g/mol. The van der Waals surface area contributed by atoms with Crippen LogP contribution in [0.25, 0.3) is 10.8 Å². The Morgan fingerprint density at radius 3 is 2.47 bits per heavy atom. The van der Waals surface area contributed by atoms with Crippen LogP contribution in [0.3, 0.4) is 0 Å². The summed E-state index contributed by atoms with van der Waals surface area (Å²) in [5.74, 6) is -2.41. The molecule has 0 unspecified atom stereocenters. The van der Waals surface area contributed by atoms with Crippen LogP contribution in [0.15, 0.2) is 60.0 Å². The number of nitrogens with one attached hydrogen (secondary N) is 1. The van der Waals surface area contributed by atoms with Crippen molar-refractivity contribution >= 4 is 45.9 Å². The van der Waals surface area contributed by atoms with E-state index in [4.69, 9.17) is 0 Å². The summed E-state index contributed by atoms with van der Waals surface area (Å²) < 4.78 is 0. The Kier molecular flexibility index (Phi) is 5.33. The molecule has 1 atom stereocenters. The van der Waals surface area contributed by atoms with Gasteiger partial charge in [-0.05, 0) is 34.7 Å². The maximum atomic E-state index is 12.6. The molecule has 3 aromatic rings. The maximum Gasteiger partial charge on any atom is 0.335 e. The predicted molar refractivity (Wildman–Crippen MR) is 112 cm³/mol. The van der Waals surface area contributed by atoms with E-state index in [0.29, 0.717) is 4.90 Å². The van der Waals surface area contributed by atoms with Gasteiger partial charge in [0.25, 0.3) is 0 Å². The van der Waals surface area contributed by atoms with Gasteiger partial charge in [0.15, 0.2) is 0 Å². The van der Waals surface area contributed by atoms with E-state index in [1.807, 2.05) is 54.8 Å². The van der Waals surface area contributed by atoms with Crippen LogP contribution in [0, 0.1) is 0 Å². The van der Waals surface area contributed by atoms with Crippen LogP contribution in [0.2, 0.25) is 0 Å². The van der Waals surface area contributed by atoms with Crippen molar-refractivity contribution in [2.24, 2.45) is 0 Å². The van der Waals surface area contributed by atoms with Gasteiger partial charge in [0.1, 0.15) is 6.54 Å². The number of fused-ring (bicyclic) bond motifs is 1. The first-order valence-electron chi connectivity index (χ1n) is 9.42. The summed E-state index contributed by atoms with van der Waals surface area (Å²) in [5, 5.41) is 6.70. The Balaban J connectivity index is 1.45. The summed E-state index contributed by atoms with van der Waals surface area (Å²) in [6.07, 6.45) is 0. The third kappa shape index (κ3) is 3.69. The Hall–Kier alpha value is -3.52. The number of carbonyl (C=O) groups is 4. The molecule has 0 bridgehead atoms. The summed E-state index contributed by atoms with van der Waals surface area (Å²) in [4.78, 5) is 51.9. The number of rotatable bonds is 6. The van der Waals surface area contributed by atoms with Gasteiger partial charge in [0, 0.05) is 4.88 Å². The van der Waals surface area contributed by atoms with Gasteiger partial charge in [0.05, 0.1) is 12.6 Å². The molecule has 1 aromatic heterocycles. The van der Waals surface area contributed by atoms with Gasteiger partial charge in [-0.2, -0.15) is 0 Å². The fourth-order valence-corrected chi connectivity index (χ4v) is 4.22. The summed E-state index contributed by atoms with van der Waals surface area (Å²) in [5.41, 5.74) is 0.927. The van der Waals surface area contributed by atoms with Crippen LogP contribution in [-0.2, 0) is 20.9 Å². The highest BCUT2D eigenvalue weighted by molar-refractivity contribution is 7.09. The SMILES string of the molecule is C[C@@H](NC(=O)CN1C(=O)C(=O)N(Cc2cccs2)C1=O)c1cccc2ccccc12. The fraction of sp³-hybridized carbons (Fsp3) is 0.182. The van der Waals surface area contributed by atoms with Crippen LogP contribution < -0.4 is 5.32 Å². The minimum atomic E-state index is -0.982. The van der Waals surface area contributed by atoms with Crippen LogP contribution in [0.5, 0.6) is 0 Å². The van der Waals surface area contributed by atoms with Crippen molar-refractivity contribution in [1.82, 2.24) is 15.1 Å². The molecule has 0 aliphatic carbocycles. The second kappa shape index (κ2) is 8.08. The van der Waals surface area contributed by atoms with E-state index in [9.17, 15) is 19.2 Å². The number of amides is 5. The Morgan fingerprint density at radius 1 is 0.967 bits per heavy atom. The predicted octanol–water partition coefficient (Wildman–Crippen LogP) is 3.07. The molecule has 152 valence electrons. The fourth-order valence-electron chi connectivity index (χ4n) is 3.52. The number of urea groups is 1. The molecule has 5 amide bonds. The highest BCUT2D eigenvalue weighted by Crippen LogP contribution is 2.24. The Morgan fingerprint density at radius 2 is 1.70 bits per heavy atom. The van der Waals surface area contributed by atoms with E-state index in [1.54, 1.807) is 12.1 Å². The summed E-state index contributed by atoms with van der Waals surface area (Å²) in [6.45, 7) is 1.35. The van der Waals surface area contributed by atoms with Gasteiger partial charge in [-0.3, -0.25) is 19.3 Å². The van der Waals surface area contributed by atoms with E-state index in [0.717, 1.165) is 26.1 Å². The van der Waals surface area contributed by atoms with Gasteiger partial charge in [-0.1, -0.05) is 48.5 Å². The molecule has 8 heteroatoms. The first-order valence-corrected chi connectivity index (χ1v) is 10.3. The molecule has 7 nitrogen and oxygen atoms in total. The lowest BCUT2D eigenvalue weighted by Crippen LogP contribution is -2.42. The summed E-state index contributed by atoms with van der Waals surface area (Å²) >= 11 is 1.38. The highest BCUT2D eigenvalue weighted by atomic mass is 32.1. The molecule has 1 N–H and O–H groups in total. The van der Waals surface area contributed by atoms with Crippen molar-refractivity contribution in [2.45, 2.75) is 19.5 Å². The van der Waals surface area contributed by atoms with Crippen molar-refractivity contribution in [2.75, 3.05) is 6.54 Å². The topological polar surface area (TPSA) is 86.8 Å². The monoisotopic (exact) mass is 421 g/mol. The second-order valence-electron chi connectivity index (χ2n) is 7.00. The van der Waals surface area contributed by atoms with Crippen molar-refractivity contribution in [3.05, 3.63) is 70.4 Å². The van der Waals surface area contributed by atoms with Gasteiger partial charge in [0.2, 0.25) is 5.91 Å². The van der Waals surface area contributed by atoms with Crippen molar-refractivity contribution < 1.29 is 19.2 Å². The number of carbonyl (C=O) groups excluding carboxylic acids is 4. The zero-order valence-electron chi connectivity index (χ0n) is 16.2. The third-order valence-electron chi connectivity index (χ3n) is 5.00. The zero-order chi connectivity index (χ0) is 21.3. The molecule has 0 spiro atoms.